The van der Waals surface area contributed by atoms with Gasteiger partial charge in [-0.25, -0.2) is 14.6 Å². The molecule has 7 heteroatoms. The highest BCUT2D eigenvalue weighted by molar-refractivity contribution is 7.09. The van der Waals surface area contributed by atoms with E-state index in [4.69, 9.17) is 4.74 Å². The van der Waals surface area contributed by atoms with Crippen LogP contribution in [0.5, 0.6) is 0 Å². The minimum atomic E-state index is -0.437. The van der Waals surface area contributed by atoms with Crippen molar-refractivity contribution in [1.82, 2.24) is 9.88 Å². The largest absolute Gasteiger partial charge is 0.461 e. The van der Waals surface area contributed by atoms with E-state index >= 15 is 0 Å². The summed E-state index contributed by atoms with van der Waals surface area (Å²) >= 11 is 1.36. The number of nitrogens with one attached hydrogen (secondary N) is 1. The van der Waals surface area contributed by atoms with Crippen LogP contribution in [0.25, 0.3) is 0 Å². The Morgan fingerprint density at radius 3 is 2.20 bits per heavy atom. The fraction of sp³-hybridized carbons (Fsp3) is 0.522. The van der Waals surface area contributed by atoms with E-state index in [1.807, 2.05) is 19.9 Å². The lowest BCUT2D eigenvalue weighted by molar-refractivity contribution is 0.0520. The molecule has 1 aromatic heterocycles. The SMILES string of the molecule is CCOC(=O)c1csc(CN(C(=O)Nc2c(C(C)C)cccc2C(C)C)C(C)C)n1. The minimum absolute atomic E-state index is 0.0337. The van der Waals surface area contributed by atoms with Crippen LogP contribution in [0.2, 0.25) is 0 Å². The van der Waals surface area contributed by atoms with Crippen LogP contribution in [0.3, 0.4) is 0 Å². The van der Waals surface area contributed by atoms with Crippen molar-refractivity contribution in [2.45, 2.75) is 72.9 Å². The van der Waals surface area contributed by atoms with Crippen molar-refractivity contribution in [3.8, 4) is 0 Å². The van der Waals surface area contributed by atoms with Gasteiger partial charge in [0.15, 0.2) is 5.69 Å². The number of amides is 2. The van der Waals surface area contributed by atoms with Crippen molar-refractivity contribution in [2.24, 2.45) is 0 Å². The van der Waals surface area contributed by atoms with Crippen molar-refractivity contribution in [3.05, 3.63) is 45.4 Å². The first-order chi connectivity index (χ1) is 14.1. The molecule has 2 rings (SSSR count). The number of nitrogens with zero attached hydrogens (tertiary/aromatic N) is 2. The first-order valence-electron chi connectivity index (χ1n) is 10.5. The maximum absolute atomic E-state index is 13.3. The highest BCUT2D eigenvalue weighted by Gasteiger charge is 2.23. The molecule has 2 aromatic rings. The van der Waals surface area contributed by atoms with Gasteiger partial charge in [0.1, 0.15) is 5.01 Å². The van der Waals surface area contributed by atoms with Gasteiger partial charge in [-0.05, 0) is 43.7 Å². The van der Waals surface area contributed by atoms with Crippen LogP contribution in [0.15, 0.2) is 23.6 Å². The first kappa shape index (κ1) is 23.9. The molecule has 30 heavy (non-hydrogen) atoms. The number of thiazole rings is 1. The second kappa shape index (κ2) is 10.6. The molecule has 0 aliphatic carbocycles. The Morgan fingerprint density at radius 1 is 1.10 bits per heavy atom. The third-order valence-electron chi connectivity index (χ3n) is 4.83. The quantitative estimate of drug-likeness (QED) is 0.520. The highest BCUT2D eigenvalue weighted by Crippen LogP contribution is 2.32. The number of urea groups is 1. The standard InChI is InChI=1S/C23H33N3O3S/c1-8-29-22(27)19-13-30-20(24-19)12-26(16(6)7)23(28)25-21-17(14(2)3)10-9-11-18(21)15(4)5/h9-11,13-16H,8,12H2,1-7H3,(H,25,28). The number of carbonyl (C=O) groups excluding carboxylic acids is 2. The molecule has 0 unspecified atom stereocenters. The number of hydrogen-bond donors (Lipinski definition) is 1. The lowest BCUT2D eigenvalue weighted by Crippen LogP contribution is -2.40. The lowest BCUT2D eigenvalue weighted by Gasteiger charge is -2.28. The number of aromatic nitrogens is 1. The van der Waals surface area contributed by atoms with Gasteiger partial charge in [0.2, 0.25) is 0 Å². The monoisotopic (exact) mass is 431 g/mol. The molecule has 1 N–H and O–H groups in total. The van der Waals surface area contributed by atoms with Gasteiger partial charge in [0.25, 0.3) is 0 Å². The average Bonchev–Trinajstić information content (AvgIpc) is 3.14. The number of esters is 1. The fourth-order valence-corrected chi connectivity index (χ4v) is 3.95. The van der Waals surface area contributed by atoms with E-state index in [1.165, 1.54) is 11.3 Å². The van der Waals surface area contributed by atoms with Gasteiger partial charge in [0, 0.05) is 17.1 Å². The molecular weight excluding hydrogens is 398 g/mol. The predicted octanol–water partition coefficient (Wildman–Crippen LogP) is 6.01. The maximum atomic E-state index is 13.3. The van der Waals surface area contributed by atoms with Crippen LogP contribution in [-0.4, -0.2) is 34.5 Å². The molecule has 0 bridgehead atoms. The third kappa shape index (κ3) is 5.81. The molecule has 1 aromatic carbocycles. The zero-order valence-electron chi connectivity index (χ0n) is 19.0. The number of hydrogen-bond acceptors (Lipinski definition) is 5. The molecular formula is C23H33N3O3S. The third-order valence-corrected chi connectivity index (χ3v) is 5.66. The number of para-hydroxylation sites is 1. The van der Waals surface area contributed by atoms with Crippen molar-refractivity contribution in [2.75, 3.05) is 11.9 Å². The Hall–Kier alpha value is -2.41. The average molecular weight is 432 g/mol. The molecule has 2 amide bonds. The second-order valence-corrected chi connectivity index (χ2v) is 9.06. The Bertz CT molecular complexity index is 848. The van der Waals surface area contributed by atoms with E-state index < -0.39 is 5.97 Å². The normalized spacial score (nSPS) is 11.3. The van der Waals surface area contributed by atoms with Gasteiger partial charge in [-0.1, -0.05) is 45.9 Å². The topological polar surface area (TPSA) is 71.5 Å². The first-order valence-corrected chi connectivity index (χ1v) is 11.4. The van der Waals surface area contributed by atoms with Gasteiger partial charge in [-0.15, -0.1) is 11.3 Å². The van der Waals surface area contributed by atoms with Crippen LogP contribution >= 0.6 is 11.3 Å². The van der Waals surface area contributed by atoms with Crippen LogP contribution in [0.1, 0.15) is 86.9 Å². The number of anilines is 1. The molecule has 164 valence electrons. The Kier molecular flexibility index (Phi) is 8.41. The summed E-state index contributed by atoms with van der Waals surface area (Å²) in [5.74, 6) is 0.142. The Morgan fingerprint density at radius 2 is 1.70 bits per heavy atom. The summed E-state index contributed by atoms with van der Waals surface area (Å²) in [4.78, 5) is 31.2. The van der Waals surface area contributed by atoms with Gasteiger partial charge >= 0.3 is 12.0 Å². The van der Waals surface area contributed by atoms with Gasteiger partial charge in [-0.3, -0.25) is 0 Å². The van der Waals surface area contributed by atoms with E-state index in [1.54, 1.807) is 17.2 Å². The molecule has 0 saturated heterocycles. The number of carbonyl (C=O) groups is 2. The molecule has 0 saturated carbocycles. The van der Waals surface area contributed by atoms with Gasteiger partial charge < -0.3 is 15.0 Å². The van der Waals surface area contributed by atoms with Gasteiger partial charge in [0.05, 0.1) is 13.2 Å². The van der Waals surface area contributed by atoms with Crippen LogP contribution in [0, 0.1) is 0 Å². The molecule has 0 aliphatic rings. The van der Waals surface area contributed by atoms with E-state index in [9.17, 15) is 9.59 Å². The molecule has 0 aliphatic heterocycles. The number of ether oxygens (including phenoxy) is 1. The lowest BCUT2D eigenvalue weighted by atomic mass is 9.93. The fourth-order valence-electron chi connectivity index (χ4n) is 3.19. The zero-order chi connectivity index (χ0) is 22.4. The molecule has 0 radical (unpaired) electrons. The smallest absolute Gasteiger partial charge is 0.357 e. The summed E-state index contributed by atoms with van der Waals surface area (Å²) in [6, 6.07) is 5.98. The van der Waals surface area contributed by atoms with Gasteiger partial charge in [-0.2, -0.15) is 0 Å². The minimum Gasteiger partial charge on any atom is -0.461 e. The second-order valence-electron chi connectivity index (χ2n) is 8.12. The molecule has 1 heterocycles. The molecule has 6 nitrogen and oxygen atoms in total. The number of benzene rings is 1. The molecule has 0 fully saturated rings. The van der Waals surface area contributed by atoms with E-state index in [0.717, 1.165) is 16.8 Å². The summed E-state index contributed by atoms with van der Waals surface area (Å²) in [5.41, 5.74) is 3.42. The van der Waals surface area contributed by atoms with Crippen molar-refractivity contribution < 1.29 is 14.3 Å². The van der Waals surface area contributed by atoms with E-state index in [0.29, 0.717) is 18.2 Å². The molecule has 0 atom stereocenters. The number of rotatable bonds is 8. The summed E-state index contributed by atoms with van der Waals surface area (Å²) in [5, 5.41) is 5.54. The maximum Gasteiger partial charge on any atom is 0.357 e. The van der Waals surface area contributed by atoms with Crippen molar-refractivity contribution in [3.63, 3.8) is 0 Å². The Labute approximate surface area is 183 Å². The summed E-state index contributed by atoms with van der Waals surface area (Å²) in [7, 11) is 0. The van der Waals surface area contributed by atoms with Crippen LogP contribution < -0.4 is 5.32 Å². The summed E-state index contributed by atoms with van der Waals surface area (Å²) in [6.45, 7) is 14.8. The van der Waals surface area contributed by atoms with Crippen molar-refractivity contribution >= 4 is 29.0 Å². The zero-order valence-corrected chi connectivity index (χ0v) is 19.8. The summed E-state index contributed by atoms with van der Waals surface area (Å²) in [6.07, 6.45) is 0. The Balaban J connectivity index is 2.26. The van der Waals surface area contributed by atoms with E-state index in [2.05, 4.69) is 50.1 Å². The van der Waals surface area contributed by atoms with Crippen LogP contribution in [-0.2, 0) is 11.3 Å². The summed E-state index contributed by atoms with van der Waals surface area (Å²) < 4.78 is 5.00. The highest BCUT2D eigenvalue weighted by atomic mass is 32.1. The van der Waals surface area contributed by atoms with Crippen LogP contribution in [0.4, 0.5) is 10.5 Å². The predicted molar refractivity (Wildman–Crippen MR) is 122 cm³/mol. The molecule has 0 spiro atoms. The van der Waals surface area contributed by atoms with E-state index in [-0.39, 0.29) is 29.6 Å². The van der Waals surface area contributed by atoms with Crippen molar-refractivity contribution in [1.29, 1.82) is 0 Å².